The standard InChI is InChI=1S/C25H30FN3O4S/c1-18-8-5-6-13-22(18)24(25(31)27-20-10-3-2-4-11-20)29(21-12-7-9-19(26)16-21)23(30)17-34(32,33)28-14-15-28/h5-9,12-13,16,20,24H,2-4,10-11,14-15,17H2,1H3,(H,27,31)/t24-/m0/s1. The van der Waals surface area contributed by atoms with E-state index in [0.29, 0.717) is 18.7 Å². The van der Waals surface area contributed by atoms with E-state index in [0.717, 1.165) is 48.6 Å². The number of nitrogens with zero attached hydrogens (tertiary/aromatic N) is 2. The summed E-state index contributed by atoms with van der Waals surface area (Å²) >= 11 is 0. The van der Waals surface area contributed by atoms with E-state index in [4.69, 9.17) is 0 Å². The van der Waals surface area contributed by atoms with Crippen LogP contribution >= 0.6 is 0 Å². The Bertz CT molecular complexity index is 1160. The van der Waals surface area contributed by atoms with Crippen LogP contribution in [0.15, 0.2) is 48.5 Å². The number of benzene rings is 2. The third-order valence-corrected chi connectivity index (χ3v) is 8.17. The summed E-state index contributed by atoms with van der Waals surface area (Å²) in [6, 6.07) is 11.4. The lowest BCUT2D eigenvalue weighted by atomic mass is 9.94. The molecular formula is C25H30FN3O4S. The SMILES string of the molecule is Cc1ccccc1[C@@H](C(=O)NC1CCCCC1)N(C(=O)CS(=O)(=O)N1CC1)c1cccc(F)c1. The van der Waals surface area contributed by atoms with E-state index in [9.17, 15) is 22.4 Å². The minimum Gasteiger partial charge on any atom is -0.351 e. The number of aryl methyl sites for hydroxylation is 1. The molecule has 4 rings (SSSR count). The Morgan fingerprint density at radius 1 is 1.09 bits per heavy atom. The Balaban J connectivity index is 1.77. The lowest BCUT2D eigenvalue weighted by Crippen LogP contribution is -2.49. The maximum Gasteiger partial charge on any atom is 0.248 e. The molecule has 2 aliphatic rings. The topological polar surface area (TPSA) is 86.6 Å². The van der Waals surface area contributed by atoms with E-state index < -0.39 is 39.4 Å². The number of anilines is 1. The Morgan fingerprint density at radius 3 is 2.44 bits per heavy atom. The van der Waals surface area contributed by atoms with Crippen LogP contribution in [0.4, 0.5) is 10.1 Å². The smallest absolute Gasteiger partial charge is 0.248 e. The number of sulfonamides is 1. The maximum absolute atomic E-state index is 14.2. The number of hydrogen-bond donors (Lipinski definition) is 1. The minimum absolute atomic E-state index is 0.0152. The first-order chi connectivity index (χ1) is 16.3. The molecule has 0 spiro atoms. The van der Waals surface area contributed by atoms with Gasteiger partial charge in [0.25, 0.3) is 0 Å². The van der Waals surface area contributed by atoms with Crippen molar-refractivity contribution in [2.24, 2.45) is 0 Å². The average Bonchev–Trinajstić information content (AvgIpc) is 3.64. The third kappa shape index (κ3) is 5.64. The van der Waals surface area contributed by atoms with E-state index in [1.807, 2.05) is 19.1 Å². The van der Waals surface area contributed by atoms with Gasteiger partial charge in [0.2, 0.25) is 21.8 Å². The first-order valence-electron chi connectivity index (χ1n) is 11.7. The van der Waals surface area contributed by atoms with Crippen LogP contribution in [0.2, 0.25) is 0 Å². The largest absolute Gasteiger partial charge is 0.351 e. The van der Waals surface area contributed by atoms with E-state index in [-0.39, 0.29) is 11.7 Å². The number of carbonyl (C=O) groups is 2. The molecule has 2 aromatic rings. The Labute approximate surface area is 200 Å². The minimum atomic E-state index is -3.81. The van der Waals surface area contributed by atoms with Crippen LogP contribution in [0.25, 0.3) is 0 Å². The van der Waals surface area contributed by atoms with Crippen molar-refractivity contribution in [1.29, 1.82) is 0 Å². The van der Waals surface area contributed by atoms with Gasteiger partial charge in [-0.25, -0.2) is 12.8 Å². The second kappa shape index (κ2) is 10.2. The molecule has 0 aromatic heterocycles. The highest BCUT2D eigenvalue weighted by atomic mass is 32.2. The average molecular weight is 488 g/mol. The van der Waals surface area contributed by atoms with Gasteiger partial charge in [0, 0.05) is 24.8 Å². The first-order valence-corrected chi connectivity index (χ1v) is 13.3. The number of amides is 2. The summed E-state index contributed by atoms with van der Waals surface area (Å²) in [7, 11) is -3.81. The summed E-state index contributed by atoms with van der Waals surface area (Å²) in [5.74, 6) is -2.55. The van der Waals surface area contributed by atoms with Gasteiger partial charge in [-0.15, -0.1) is 0 Å². The van der Waals surface area contributed by atoms with Crippen molar-refractivity contribution < 1.29 is 22.4 Å². The molecule has 1 N–H and O–H groups in total. The Morgan fingerprint density at radius 2 is 1.79 bits per heavy atom. The molecule has 0 bridgehead atoms. The van der Waals surface area contributed by atoms with Crippen molar-refractivity contribution >= 4 is 27.5 Å². The van der Waals surface area contributed by atoms with Gasteiger partial charge in [0.15, 0.2) is 0 Å². The molecule has 0 radical (unpaired) electrons. The molecule has 1 heterocycles. The zero-order chi connectivity index (χ0) is 24.3. The molecule has 2 aromatic carbocycles. The van der Waals surface area contributed by atoms with Gasteiger partial charge >= 0.3 is 0 Å². The summed E-state index contributed by atoms with van der Waals surface area (Å²) in [6.45, 7) is 2.58. The van der Waals surface area contributed by atoms with E-state index >= 15 is 0 Å². The summed E-state index contributed by atoms with van der Waals surface area (Å²) in [6.07, 6.45) is 4.85. The summed E-state index contributed by atoms with van der Waals surface area (Å²) < 4.78 is 40.7. The van der Waals surface area contributed by atoms with Gasteiger partial charge in [0.1, 0.15) is 17.6 Å². The Hall–Kier alpha value is -2.78. The molecular weight excluding hydrogens is 457 g/mol. The molecule has 34 heavy (non-hydrogen) atoms. The van der Waals surface area contributed by atoms with Gasteiger partial charge in [-0.05, 0) is 49.1 Å². The Kier molecular flexibility index (Phi) is 7.33. The fourth-order valence-corrected chi connectivity index (χ4v) is 5.79. The van der Waals surface area contributed by atoms with Crippen LogP contribution in [0.5, 0.6) is 0 Å². The van der Waals surface area contributed by atoms with E-state index in [2.05, 4.69) is 5.32 Å². The lowest BCUT2D eigenvalue weighted by molar-refractivity contribution is -0.126. The van der Waals surface area contributed by atoms with Gasteiger partial charge in [-0.1, -0.05) is 49.6 Å². The summed E-state index contributed by atoms with van der Waals surface area (Å²) in [4.78, 5) is 28.4. The number of halogens is 1. The first kappa shape index (κ1) is 24.3. The van der Waals surface area contributed by atoms with Crippen LogP contribution in [0.1, 0.15) is 49.3 Å². The molecule has 2 amide bonds. The number of nitrogens with one attached hydrogen (secondary N) is 1. The second-order valence-electron chi connectivity index (χ2n) is 9.00. The van der Waals surface area contributed by atoms with Crippen LogP contribution < -0.4 is 10.2 Å². The predicted octanol–water partition coefficient (Wildman–Crippen LogP) is 3.30. The normalized spacial score (nSPS) is 17.7. The van der Waals surface area contributed by atoms with E-state index in [1.54, 1.807) is 12.1 Å². The lowest BCUT2D eigenvalue weighted by Gasteiger charge is -2.34. The van der Waals surface area contributed by atoms with Crippen LogP contribution in [0.3, 0.4) is 0 Å². The highest BCUT2D eigenvalue weighted by molar-refractivity contribution is 7.90. The van der Waals surface area contributed by atoms with Crippen molar-refractivity contribution in [3.8, 4) is 0 Å². The van der Waals surface area contributed by atoms with Gasteiger partial charge in [-0.3, -0.25) is 14.5 Å². The molecule has 1 aliphatic carbocycles. The summed E-state index contributed by atoms with van der Waals surface area (Å²) in [5.41, 5.74) is 1.48. The second-order valence-corrected chi connectivity index (χ2v) is 11.0. The molecule has 7 nitrogen and oxygen atoms in total. The molecule has 1 saturated carbocycles. The van der Waals surface area contributed by atoms with Crippen LogP contribution in [-0.2, 0) is 19.6 Å². The van der Waals surface area contributed by atoms with Gasteiger partial charge in [0.05, 0.1) is 0 Å². The molecule has 1 saturated heterocycles. The zero-order valence-electron chi connectivity index (χ0n) is 19.2. The molecule has 1 aliphatic heterocycles. The predicted molar refractivity (Wildman–Crippen MR) is 128 cm³/mol. The monoisotopic (exact) mass is 487 g/mol. The van der Waals surface area contributed by atoms with Crippen molar-refractivity contribution in [2.45, 2.75) is 51.1 Å². The van der Waals surface area contributed by atoms with Crippen molar-refractivity contribution in [3.05, 3.63) is 65.5 Å². The van der Waals surface area contributed by atoms with E-state index in [1.165, 1.54) is 22.5 Å². The quantitative estimate of drug-likeness (QED) is 0.579. The molecule has 2 fully saturated rings. The fourth-order valence-electron chi connectivity index (χ4n) is 4.52. The number of rotatable bonds is 8. The molecule has 182 valence electrons. The van der Waals surface area contributed by atoms with Gasteiger partial charge in [-0.2, -0.15) is 4.31 Å². The number of carbonyl (C=O) groups excluding carboxylic acids is 2. The van der Waals surface area contributed by atoms with Gasteiger partial charge < -0.3 is 5.32 Å². The van der Waals surface area contributed by atoms with Crippen molar-refractivity contribution in [3.63, 3.8) is 0 Å². The summed E-state index contributed by atoms with van der Waals surface area (Å²) in [5, 5.41) is 3.08. The third-order valence-electron chi connectivity index (χ3n) is 6.40. The van der Waals surface area contributed by atoms with Crippen molar-refractivity contribution in [1.82, 2.24) is 9.62 Å². The molecule has 0 unspecified atom stereocenters. The fraction of sp³-hybridized carbons (Fsp3) is 0.440. The zero-order valence-corrected chi connectivity index (χ0v) is 20.1. The molecule has 1 atom stereocenters. The van der Waals surface area contributed by atoms with Crippen LogP contribution in [0, 0.1) is 12.7 Å². The number of hydrogen-bond acceptors (Lipinski definition) is 4. The molecule has 9 heteroatoms. The van der Waals surface area contributed by atoms with Crippen molar-refractivity contribution in [2.75, 3.05) is 23.7 Å². The highest BCUT2D eigenvalue weighted by Crippen LogP contribution is 2.32. The maximum atomic E-state index is 14.2. The highest BCUT2D eigenvalue weighted by Gasteiger charge is 2.39. The van der Waals surface area contributed by atoms with Crippen LogP contribution in [-0.4, -0.2) is 49.4 Å².